The number of halogens is 2. The van der Waals surface area contributed by atoms with Crippen LogP contribution in [0.1, 0.15) is 18.4 Å². The molecule has 15 heavy (non-hydrogen) atoms. The molecule has 1 aromatic carbocycles. The second-order valence-electron chi connectivity index (χ2n) is 3.79. The summed E-state index contributed by atoms with van der Waals surface area (Å²) in [4.78, 5) is 0. The number of aliphatic hydroxyl groups excluding tert-OH is 1. The molecule has 1 aliphatic rings. The van der Waals surface area contributed by atoms with Crippen molar-refractivity contribution in [3.8, 4) is 5.75 Å². The maximum absolute atomic E-state index is 13.0. The average molecular weight is 231 g/mol. The molecule has 0 aromatic heterocycles. The fourth-order valence-electron chi connectivity index (χ4n) is 1.38. The largest absolute Gasteiger partial charge is 0.491 e. The van der Waals surface area contributed by atoms with Gasteiger partial charge in [0.05, 0.1) is 18.2 Å². The highest BCUT2D eigenvalue weighted by Gasteiger charge is 2.23. The van der Waals surface area contributed by atoms with Crippen molar-refractivity contribution in [3.63, 3.8) is 0 Å². The molecule has 0 atom stereocenters. The molecule has 4 heteroatoms. The van der Waals surface area contributed by atoms with Gasteiger partial charge in [0.25, 0.3) is 0 Å². The Hall–Kier alpha value is -0.800. The molecule has 1 fully saturated rings. The van der Waals surface area contributed by atoms with E-state index in [1.807, 2.05) is 0 Å². The number of hydrogen-bond donors (Lipinski definition) is 1. The van der Waals surface area contributed by atoms with E-state index in [0.29, 0.717) is 23.8 Å². The van der Waals surface area contributed by atoms with Gasteiger partial charge in [-0.25, -0.2) is 4.39 Å². The number of benzene rings is 1. The fraction of sp³-hybridized carbons (Fsp3) is 0.455. The van der Waals surface area contributed by atoms with Gasteiger partial charge in [-0.2, -0.15) is 0 Å². The molecule has 1 aromatic rings. The highest BCUT2D eigenvalue weighted by Crippen LogP contribution is 2.34. The van der Waals surface area contributed by atoms with Crippen LogP contribution >= 0.6 is 11.6 Å². The lowest BCUT2D eigenvalue weighted by atomic mass is 10.2. The molecule has 1 N–H and O–H groups in total. The first-order valence-electron chi connectivity index (χ1n) is 4.92. The first-order chi connectivity index (χ1) is 7.20. The van der Waals surface area contributed by atoms with Crippen LogP contribution in [0.4, 0.5) is 4.39 Å². The molecule has 0 radical (unpaired) electrons. The molecule has 82 valence electrons. The smallest absolute Gasteiger partial charge is 0.143 e. The standard InChI is InChI=1S/C11H12ClFO2/c12-10-4-9(13)3-8(5-14)11(10)15-6-7-1-2-7/h3-4,7,14H,1-2,5-6H2. The molecule has 2 nitrogen and oxygen atoms in total. The third kappa shape index (κ3) is 2.61. The van der Waals surface area contributed by atoms with Crippen LogP contribution in [0.3, 0.4) is 0 Å². The maximum Gasteiger partial charge on any atom is 0.143 e. The van der Waals surface area contributed by atoms with Crippen molar-refractivity contribution in [2.75, 3.05) is 6.61 Å². The minimum Gasteiger partial charge on any atom is -0.491 e. The number of hydrogen-bond acceptors (Lipinski definition) is 2. The third-order valence-electron chi connectivity index (χ3n) is 2.42. The van der Waals surface area contributed by atoms with Gasteiger partial charge in [0.2, 0.25) is 0 Å². The molecule has 0 heterocycles. The van der Waals surface area contributed by atoms with Gasteiger partial charge < -0.3 is 9.84 Å². The topological polar surface area (TPSA) is 29.5 Å². The fourth-order valence-corrected chi connectivity index (χ4v) is 1.66. The lowest BCUT2D eigenvalue weighted by Gasteiger charge is -2.11. The molecule has 0 unspecified atom stereocenters. The van der Waals surface area contributed by atoms with Gasteiger partial charge in [0.15, 0.2) is 0 Å². The van der Waals surface area contributed by atoms with E-state index in [2.05, 4.69) is 0 Å². The molecule has 1 saturated carbocycles. The van der Waals surface area contributed by atoms with Gasteiger partial charge in [0, 0.05) is 5.56 Å². The van der Waals surface area contributed by atoms with Gasteiger partial charge in [0.1, 0.15) is 11.6 Å². The first kappa shape index (κ1) is 10.7. The van der Waals surface area contributed by atoms with Crippen molar-refractivity contribution in [2.24, 2.45) is 5.92 Å². The molecular weight excluding hydrogens is 219 g/mol. The Kier molecular flexibility index (Phi) is 3.12. The minimum atomic E-state index is -0.456. The summed E-state index contributed by atoms with van der Waals surface area (Å²) in [6.45, 7) is 0.329. The molecule has 0 amide bonds. The van der Waals surface area contributed by atoms with Crippen LogP contribution in [-0.4, -0.2) is 11.7 Å². The summed E-state index contributed by atoms with van der Waals surface area (Å²) in [6, 6.07) is 2.44. The zero-order valence-electron chi connectivity index (χ0n) is 8.17. The van der Waals surface area contributed by atoms with Crippen LogP contribution in [0.25, 0.3) is 0 Å². The van der Waals surface area contributed by atoms with Crippen LogP contribution in [0.5, 0.6) is 5.75 Å². The molecule has 0 bridgehead atoms. The van der Waals surface area contributed by atoms with Crippen molar-refractivity contribution >= 4 is 11.6 Å². The van der Waals surface area contributed by atoms with Gasteiger partial charge in [-0.1, -0.05) is 11.6 Å². The Morgan fingerprint density at radius 2 is 2.20 bits per heavy atom. The van der Waals surface area contributed by atoms with Crippen molar-refractivity contribution in [3.05, 3.63) is 28.5 Å². The number of ether oxygens (including phenoxy) is 1. The first-order valence-corrected chi connectivity index (χ1v) is 5.30. The van der Waals surface area contributed by atoms with Crippen LogP contribution in [0.15, 0.2) is 12.1 Å². The third-order valence-corrected chi connectivity index (χ3v) is 2.70. The minimum absolute atomic E-state index is 0.222. The molecule has 1 aliphatic carbocycles. The summed E-state index contributed by atoms with van der Waals surface area (Å²) >= 11 is 5.84. The molecule has 2 rings (SSSR count). The van der Waals surface area contributed by atoms with E-state index < -0.39 is 5.82 Å². The summed E-state index contributed by atoms with van der Waals surface area (Å²) in [5.41, 5.74) is 0.403. The van der Waals surface area contributed by atoms with Crippen molar-refractivity contribution < 1.29 is 14.2 Å². The van der Waals surface area contributed by atoms with Gasteiger partial charge >= 0.3 is 0 Å². The quantitative estimate of drug-likeness (QED) is 0.862. The van der Waals surface area contributed by atoms with Crippen LogP contribution < -0.4 is 4.74 Å². The molecule has 0 aliphatic heterocycles. The van der Waals surface area contributed by atoms with E-state index in [1.54, 1.807) is 0 Å². The van der Waals surface area contributed by atoms with Crippen LogP contribution in [0, 0.1) is 11.7 Å². The summed E-state index contributed by atoms with van der Waals surface area (Å²) in [7, 11) is 0. The van der Waals surface area contributed by atoms with Gasteiger partial charge in [-0.3, -0.25) is 0 Å². The second kappa shape index (κ2) is 4.37. The summed E-state index contributed by atoms with van der Waals surface area (Å²) in [5.74, 6) is 0.549. The molecule has 0 saturated heterocycles. The maximum atomic E-state index is 13.0. The molecular formula is C11H12ClFO2. The van der Waals surface area contributed by atoms with E-state index in [0.717, 1.165) is 0 Å². The van der Waals surface area contributed by atoms with Crippen molar-refractivity contribution in [1.82, 2.24) is 0 Å². The zero-order chi connectivity index (χ0) is 10.8. The van der Waals surface area contributed by atoms with E-state index >= 15 is 0 Å². The zero-order valence-corrected chi connectivity index (χ0v) is 8.93. The lowest BCUT2D eigenvalue weighted by Crippen LogP contribution is -2.03. The SMILES string of the molecule is OCc1cc(F)cc(Cl)c1OCC1CC1. The van der Waals surface area contributed by atoms with E-state index in [1.165, 1.54) is 25.0 Å². The van der Waals surface area contributed by atoms with Gasteiger partial charge in [-0.05, 0) is 30.9 Å². The Bertz CT molecular complexity index is 364. The Morgan fingerprint density at radius 1 is 1.47 bits per heavy atom. The lowest BCUT2D eigenvalue weighted by molar-refractivity contribution is 0.257. The number of rotatable bonds is 4. The average Bonchev–Trinajstić information content (AvgIpc) is 2.99. The highest BCUT2D eigenvalue weighted by atomic mass is 35.5. The molecule has 0 spiro atoms. The normalized spacial score (nSPS) is 15.4. The van der Waals surface area contributed by atoms with E-state index in [-0.39, 0.29) is 11.6 Å². The Morgan fingerprint density at radius 3 is 2.80 bits per heavy atom. The van der Waals surface area contributed by atoms with E-state index in [9.17, 15) is 4.39 Å². The van der Waals surface area contributed by atoms with Crippen molar-refractivity contribution in [2.45, 2.75) is 19.4 Å². The Labute approximate surface area is 92.6 Å². The summed E-state index contributed by atoms with van der Waals surface area (Å²) in [5, 5.41) is 9.26. The highest BCUT2D eigenvalue weighted by molar-refractivity contribution is 6.32. The summed E-state index contributed by atoms with van der Waals surface area (Å²) < 4.78 is 18.4. The predicted molar refractivity (Wildman–Crippen MR) is 55.6 cm³/mol. The predicted octanol–water partition coefficient (Wildman–Crippen LogP) is 2.76. The number of aliphatic hydroxyl groups is 1. The monoisotopic (exact) mass is 230 g/mol. The van der Waals surface area contributed by atoms with E-state index in [4.69, 9.17) is 21.4 Å². The Balaban J connectivity index is 2.17. The van der Waals surface area contributed by atoms with Crippen molar-refractivity contribution in [1.29, 1.82) is 0 Å². The van der Waals surface area contributed by atoms with Crippen LogP contribution in [0.2, 0.25) is 5.02 Å². The summed E-state index contributed by atoms with van der Waals surface area (Å²) in [6.07, 6.45) is 2.35. The second-order valence-corrected chi connectivity index (χ2v) is 4.20. The van der Waals surface area contributed by atoms with Crippen LogP contribution in [-0.2, 0) is 6.61 Å². The van der Waals surface area contributed by atoms with Gasteiger partial charge in [-0.15, -0.1) is 0 Å².